The monoisotopic (exact) mass is 117 g/mol. The zero-order valence-corrected chi connectivity index (χ0v) is 4.92. The second-order valence-electron chi connectivity index (χ2n) is 1.56. The molecule has 0 bridgehead atoms. The molecule has 1 fully saturated rings. The molecule has 1 heterocycles. The molecule has 1 radical (unpaired) electrons. The van der Waals surface area contributed by atoms with Crippen LogP contribution in [-0.4, -0.2) is 24.2 Å². The van der Waals surface area contributed by atoms with Gasteiger partial charge in [0.15, 0.2) is 0 Å². The van der Waals surface area contributed by atoms with Crippen molar-refractivity contribution in [2.75, 3.05) is 18.8 Å². The topological polar surface area (TPSA) is 35.8 Å². The number of nitrogens with one attached hydrogen (secondary N) is 2. The maximum atomic E-state index is 7.17. The molecule has 0 spiro atoms. The lowest BCUT2D eigenvalue weighted by Crippen LogP contribution is -2.33. The van der Waals surface area contributed by atoms with Gasteiger partial charge < -0.3 is 5.32 Å². The third-order valence-corrected chi connectivity index (χ3v) is 1.94. The van der Waals surface area contributed by atoms with E-state index in [1.807, 2.05) is 0 Å². The van der Waals surface area contributed by atoms with Crippen molar-refractivity contribution in [3.05, 3.63) is 0 Å². The number of hydrogen-bond acceptors (Lipinski definition) is 2. The van der Waals surface area contributed by atoms with Gasteiger partial charge in [-0.1, -0.05) is 0 Å². The molecule has 2 nitrogen and oxygen atoms in total. The van der Waals surface area contributed by atoms with Gasteiger partial charge in [-0.3, -0.25) is 0 Å². The molecule has 0 aromatic heterocycles. The standard InChI is InChI=1S/C4H9N2S/c5-4-3-6-1-2-7-4/h4-6H,1-3H2. The zero-order chi connectivity index (χ0) is 5.11. The van der Waals surface area contributed by atoms with Crippen molar-refractivity contribution in [2.45, 2.75) is 5.37 Å². The summed E-state index contributed by atoms with van der Waals surface area (Å²) in [6.45, 7) is 1.95. The summed E-state index contributed by atoms with van der Waals surface area (Å²) in [6, 6.07) is 0. The highest BCUT2D eigenvalue weighted by atomic mass is 32.2. The maximum Gasteiger partial charge on any atom is 0.0790 e. The number of hydrogen-bond donors (Lipinski definition) is 1. The number of thioether (sulfide) groups is 1. The van der Waals surface area contributed by atoms with Gasteiger partial charge >= 0.3 is 0 Å². The Labute approximate surface area is 47.8 Å². The Morgan fingerprint density at radius 3 is 2.86 bits per heavy atom. The predicted molar refractivity (Wildman–Crippen MR) is 32.2 cm³/mol. The van der Waals surface area contributed by atoms with Crippen molar-refractivity contribution in [1.29, 1.82) is 0 Å². The molecular weight excluding hydrogens is 108 g/mol. The Bertz CT molecular complexity index is 51.7. The zero-order valence-electron chi connectivity index (χ0n) is 4.11. The van der Waals surface area contributed by atoms with Crippen LogP contribution in [0.1, 0.15) is 0 Å². The van der Waals surface area contributed by atoms with Gasteiger partial charge in [0.2, 0.25) is 0 Å². The molecule has 0 aromatic rings. The average molecular weight is 117 g/mol. The summed E-state index contributed by atoms with van der Waals surface area (Å²) in [4.78, 5) is 0. The minimum absolute atomic E-state index is 0.0914. The summed E-state index contributed by atoms with van der Waals surface area (Å²) in [5.41, 5.74) is 7.17. The Morgan fingerprint density at radius 2 is 2.57 bits per heavy atom. The van der Waals surface area contributed by atoms with Crippen LogP contribution < -0.4 is 11.1 Å². The molecule has 1 saturated heterocycles. The second-order valence-corrected chi connectivity index (χ2v) is 2.87. The van der Waals surface area contributed by atoms with Crippen LogP contribution in [0.2, 0.25) is 0 Å². The highest BCUT2D eigenvalue weighted by molar-refractivity contribution is 7.99. The van der Waals surface area contributed by atoms with Crippen molar-refractivity contribution >= 4 is 11.8 Å². The van der Waals surface area contributed by atoms with E-state index < -0.39 is 0 Å². The quantitative estimate of drug-likeness (QED) is 0.482. The molecule has 0 aromatic carbocycles. The fourth-order valence-corrected chi connectivity index (χ4v) is 1.35. The molecule has 1 aliphatic heterocycles. The summed E-state index contributed by atoms with van der Waals surface area (Å²) < 4.78 is 0. The molecule has 1 rings (SSSR count). The third kappa shape index (κ3) is 1.67. The van der Waals surface area contributed by atoms with Crippen molar-refractivity contribution in [3.63, 3.8) is 0 Å². The van der Waals surface area contributed by atoms with Crippen molar-refractivity contribution in [2.24, 2.45) is 0 Å². The smallest absolute Gasteiger partial charge is 0.0790 e. The van der Waals surface area contributed by atoms with Crippen LogP contribution in [0.3, 0.4) is 0 Å². The van der Waals surface area contributed by atoms with Gasteiger partial charge in [0.1, 0.15) is 0 Å². The highest BCUT2D eigenvalue weighted by Gasteiger charge is 2.06. The lowest BCUT2D eigenvalue weighted by Gasteiger charge is -2.16. The lowest BCUT2D eigenvalue weighted by atomic mass is 10.6. The summed E-state index contributed by atoms with van der Waals surface area (Å²) in [5.74, 6) is 1.11. The fraction of sp³-hybridized carbons (Fsp3) is 1.00. The van der Waals surface area contributed by atoms with Crippen LogP contribution in [0.5, 0.6) is 0 Å². The molecule has 0 saturated carbocycles. The van der Waals surface area contributed by atoms with Crippen LogP contribution in [0.4, 0.5) is 0 Å². The van der Waals surface area contributed by atoms with Crippen LogP contribution in [0.25, 0.3) is 0 Å². The van der Waals surface area contributed by atoms with E-state index in [0.29, 0.717) is 0 Å². The highest BCUT2D eigenvalue weighted by Crippen LogP contribution is 2.07. The van der Waals surface area contributed by atoms with Gasteiger partial charge in [0.05, 0.1) is 5.37 Å². The normalized spacial score (nSPS) is 33.0. The molecular formula is C4H9N2S. The first-order valence-corrected chi connectivity index (χ1v) is 3.48. The van der Waals surface area contributed by atoms with E-state index in [4.69, 9.17) is 5.73 Å². The van der Waals surface area contributed by atoms with Gasteiger partial charge in [-0.05, 0) is 0 Å². The van der Waals surface area contributed by atoms with E-state index in [2.05, 4.69) is 5.32 Å². The minimum Gasteiger partial charge on any atom is -0.313 e. The minimum atomic E-state index is 0.0914. The molecule has 1 unspecified atom stereocenters. The van der Waals surface area contributed by atoms with Crippen LogP contribution in [0.15, 0.2) is 0 Å². The molecule has 3 heteroatoms. The van der Waals surface area contributed by atoms with Gasteiger partial charge in [0, 0.05) is 18.8 Å². The summed E-state index contributed by atoms with van der Waals surface area (Å²) in [7, 11) is 0. The molecule has 7 heavy (non-hydrogen) atoms. The Morgan fingerprint density at radius 1 is 1.71 bits per heavy atom. The first kappa shape index (κ1) is 5.41. The van der Waals surface area contributed by atoms with E-state index in [9.17, 15) is 0 Å². The Hall–Kier alpha value is 0.270. The SMILES string of the molecule is [NH]C1CNCCS1. The van der Waals surface area contributed by atoms with Gasteiger partial charge in [-0.25, -0.2) is 5.73 Å². The maximum absolute atomic E-state index is 7.17. The average Bonchev–Trinajstić information content (AvgIpc) is 1.69. The third-order valence-electron chi connectivity index (χ3n) is 0.928. The fourth-order valence-electron chi connectivity index (χ4n) is 0.565. The van der Waals surface area contributed by atoms with E-state index in [1.54, 1.807) is 11.8 Å². The summed E-state index contributed by atoms with van der Waals surface area (Å²) in [5, 5.41) is 3.22. The Balaban J connectivity index is 2.12. The van der Waals surface area contributed by atoms with Crippen molar-refractivity contribution < 1.29 is 0 Å². The van der Waals surface area contributed by atoms with Gasteiger partial charge in [0.25, 0.3) is 0 Å². The summed E-state index contributed by atoms with van der Waals surface area (Å²) >= 11 is 1.72. The van der Waals surface area contributed by atoms with Gasteiger partial charge in [-0.15, -0.1) is 11.8 Å². The van der Waals surface area contributed by atoms with Crippen LogP contribution in [0, 0.1) is 0 Å². The van der Waals surface area contributed by atoms with E-state index in [-0.39, 0.29) is 5.37 Å². The molecule has 41 valence electrons. The molecule has 2 N–H and O–H groups in total. The molecule has 1 atom stereocenters. The lowest BCUT2D eigenvalue weighted by molar-refractivity contribution is 0.674. The largest absolute Gasteiger partial charge is 0.313 e. The van der Waals surface area contributed by atoms with Gasteiger partial charge in [-0.2, -0.15) is 0 Å². The number of rotatable bonds is 0. The van der Waals surface area contributed by atoms with Crippen LogP contribution in [-0.2, 0) is 0 Å². The molecule has 0 aliphatic carbocycles. The second kappa shape index (κ2) is 2.55. The first-order chi connectivity index (χ1) is 3.39. The predicted octanol–water partition coefficient (Wildman–Crippen LogP) is -0.0682. The van der Waals surface area contributed by atoms with E-state index in [1.165, 1.54) is 0 Å². The van der Waals surface area contributed by atoms with E-state index >= 15 is 0 Å². The molecule has 0 amide bonds. The van der Waals surface area contributed by atoms with Crippen molar-refractivity contribution in [1.82, 2.24) is 11.1 Å². The molecule has 1 aliphatic rings. The van der Waals surface area contributed by atoms with Crippen LogP contribution >= 0.6 is 11.8 Å². The Kier molecular flexibility index (Phi) is 1.97. The first-order valence-electron chi connectivity index (χ1n) is 2.43. The van der Waals surface area contributed by atoms with E-state index in [0.717, 1.165) is 18.8 Å². The summed E-state index contributed by atoms with van der Waals surface area (Å²) in [6.07, 6.45) is 0. The van der Waals surface area contributed by atoms with Crippen molar-refractivity contribution in [3.8, 4) is 0 Å².